The molecule has 0 aromatic heterocycles. The Morgan fingerprint density at radius 2 is 1.56 bits per heavy atom. The molecule has 0 N–H and O–H groups in total. The van der Waals surface area contributed by atoms with Gasteiger partial charge < -0.3 is 9.64 Å². The summed E-state index contributed by atoms with van der Waals surface area (Å²) < 4.78 is 5.13. The van der Waals surface area contributed by atoms with Gasteiger partial charge in [0, 0.05) is 41.6 Å². The smallest absolute Gasteiger partial charge is 0.253 e. The second-order valence-corrected chi connectivity index (χ2v) is 7.34. The molecule has 1 heterocycles. The van der Waals surface area contributed by atoms with Crippen LogP contribution in [0.1, 0.15) is 41.8 Å². The Morgan fingerprint density at radius 1 is 1.00 bits per heavy atom. The third-order valence-corrected chi connectivity index (χ3v) is 4.81. The normalized spacial score (nSPS) is 15.7. The molecule has 1 aliphatic rings. The monoisotopic (exact) mass is 361 g/mol. The Labute approximate surface area is 160 Å². The summed E-state index contributed by atoms with van der Waals surface area (Å²) >= 11 is 0. The van der Waals surface area contributed by atoms with Crippen molar-refractivity contribution in [2.45, 2.75) is 20.3 Å². The van der Waals surface area contributed by atoms with Gasteiger partial charge >= 0.3 is 0 Å². The number of benzene rings is 2. The first-order valence-corrected chi connectivity index (χ1v) is 8.98. The fourth-order valence-electron chi connectivity index (χ4n) is 3.09. The van der Waals surface area contributed by atoms with Crippen LogP contribution >= 0.6 is 0 Å². The number of hydrogen-bond donors (Lipinski definition) is 0. The number of rotatable bonds is 2. The summed E-state index contributed by atoms with van der Waals surface area (Å²) in [5.74, 6) is 7.18. The van der Waals surface area contributed by atoms with Crippen LogP contribution in [0.4, 0.5) is 0 Å². The number of carbonyl (C=O) groups is 2. The zero-order chi connectivity index (χ0) is 19.4. The van der Waals surface area contributed by atoms with E-state index in [4.69, 9.17) is 4.74 Å². The molecule has 0 unspecified atom stereocenters. The van der Waals surface area contributed by atoms with Crippen LogP contribution in [0.2, 0.25) is 0 Å². The minimum atomic E-state index is -0.475. The Morgan fingerprint density at radius 3 is 2.07 bits per heavy atom. The highest BCUT2D eigenvalue weighted by molar-refractivity contribution is 5.96. The van der Waals surface area contributed by atoms with Crippen LogP contribution in [-0.4, -0.2) is 36.8 Å². The first-order valence-electron chi connectivity index (χ1n) is 8.98. The molecule has 1 aliphatic heterocycles. The second-order valence-electron chi connectivity index (χ2n) is 7.34. The third kappa shape index (κ3) is 4.38. The predicted molar refractivity (Wildman–Crippen MR) is 105 cm³/mol. The molecule has 2 aromatic rings. The number of methoxy groups -OCH3 is 1. The van der Waals surface area contributed by atoms with E-state index in [9.17, 15) is 9.59 Å². The maximum Gasteiger partial charge on any atom is 0.253 e. The first kappa shape index (κ1) is 18.7. The van der Waals surface area contributed by atoms with Crippen molar-refractivity contribution in [3.05, 3.63) is 65.2 Å². The van der Waals surface area contributed by atoms with Crippen LogP contribution in [0.3, 0.4) is 0 Å². The van der Waals surface area contributed by atoms with Gasteiger partial charge in [0.2, 0.25) is 0 Å². The van der Waals surface area contributed by atoms with Crippen molar-refractivity contribution in [1.29, 1.82) is 0 Å². The maximum absolute atomic E-state index is 12.7. The van der Waals surface area contributed by atoms with E-state index in [2.05, 4.69) is 11.8 Å². The fourth-order valence-corrected chi connectivity index (χ4v) is 3.09. The molecule has 138 valence electrons. The quantitative estimate of drug-likeness (QED) is 0.769. The van der Waals surface area contributed by atoms with Crippen molar-refractivity contribution in [3.63, 3.8) is 0 Å². The summed E-state index contributed by atoms with van der Waals surface area (Å²) in [5.41, 5.74) is 1.89. The van der Waals surface area contributed by atoms with Gasteiger partial charge in [-0.15, -0.1) is 0 Å². The predicted octanol–water partition coefficient (Wildman–Crippen LogP) is 3.54. The highest BCUT2D eigenvalue weighted by Crippen LogP contribution is 2.26. The molecule has 1 saturated heterocycles. The molecule has 0 saturated carbocycles. The molecular formula is C23H23NO3. The second kappa shape index (κ2) is 7.67. The number of ketones is 1. The van der Waals surface area contributed by atoms with Gasteiger partial charge in [0.05, 0.1) is 7.11 Å². The largest absolute Gasteiger partial charge is 0.497 e. The van der Waals surface area contributed by atoms with Crippen molar-refractivity contribution in [1.82, 2.24) is 4.90 Å². The Bertz CT molecular complexity index is 899. The van der Waals surface area contributed by atoms with Crippen molar-refractivity contribution in [3.8, 4) is 17.6 Å². The molecule has 3 rings (SSSR count). The van der Waals surface area contributed by atoms with Gasteiger partial charge in [-0.25, -0.2) is 0 Å². The number of piperidine rings is 1. The minimum absolute atomic E-state index is 0.0368. The lowest BCUT2D eigenvalue weighted by Crippen LogP contribution is -2.48. The Balaban J connectivity index is 1.69. The first-order chi connectivity index (χ1) is 12.9. The molecule has 4 heteroatoms. The SMILES string of the molecule is COc1ccc(C#Cc2ccc(C(=O)N3CCC(=O)C(C)(C)C3)cc2)cc1. The van der Waals surface area contributed by atoms with Gasteiger partial charge in [0.25, 0.3) is 5.91 Å². The lowest BCUT2D eigenvalue weighted by Gasteiger charge is -2.36. The van der Waals surface area contributed by atoms with Crippen molar-refractivity contribution < 1.29 is 14.3 Å². The van der Waals surface area contributed by atoms with E-state index in [1.54, 1.807) is 24.1 Å². The summed E-state index contributed by atoms with van der Waals surface area (Å²) in [4.78, 5) is 26.4. The summed E-state index contributed by atoms with van der Waals surface area (Å²) in [7, 11) is 1.63. The number of hydrogen-bond acceptors (Lipinski definition) is 3. The minimum Gasteiger partial charge on any atom is -0.497 e. The van der Waals surface area contributed by atoms with Crippen LogP contribution in [0.25, 0.3) is 0 Å². The van der Waals surface area contributed by atoms with Gasteiger partial charge in [0.1, 0.15) is 11.5 Å². The molecule has 0 atom stereocenters. The Kier molecular flexibility index (Phi) is 5.32. The van der Waals surface area contributed by atoms with Gasteiger partial charge in [-0.3, -0.25) is 9.59 Å². The molecule has 4 nitrogen and oxygen atoms in total. The van der Waals surface area contributed by atoms with E-state index < -0.39 is 5.41 Å². The Hall–Kier alpha value is -3.06. The summed E-state index contributed by atoms with van der Waals surface area (Å²) in [6.07, 6.45) is 0.421. The highest BCUT2D eigenvalue weighted by atomic mass is 16.5. The van der Waals surface area contributed by atoms with E-state index >= 15 is 0 Å². The lowest BCUT2D eigenvalue weighted by molar-refractivity contribution is -0.130. The number of nitrogens with zero attached hydrogens (tertiary/aromatic N) is 1. The van der Waals surface area contributed by atoms with Crippen LogP contribution in [0, 0.1) is 17.3 Å². The number of likely N-dealkylation sites (tertiary alicyclic amines) is 1. The average Bonchev–Trinajstić information content (AvgIpc) is 2.68. The number of ether oxygens (including phenoxy) is 1. The van der Waals surface area contributed by atoms with Gasteiger partial charge in [-0.05, 0) is 48.5 Å². The molecule has 0 bridgehead atoms. The van der Waals surface area contributed by atoms with Crippen LogP contribution < -0.4 is 4.74 Å². The number of carbonyl (C=O) groups excluding carboxylic acids is 2. The van der Waals surface area contributed by atoms with Gasteiger partial charge in [0.15, 0.2) is 0 Å². The molecule has 2 aromatic carbocycles. The van der Waals surface area contributed by atoms with E-state index in [0.717, 1.165) is 16.9 Å². The lowest BCUT2D eigenvalue weighted by atomic mass is 9.82. The van der Waals surface area contributed by atoms with E-state index in [-0.39, 0.29) is 11.7 Å². The molecule has 27 heavy (non-hydrogen) atoms. The van der Waals surface area contributed by atoms with Crippen molar-refractivity contribution in [2.24, 2.45) is 5.41 Å². The molecule has 1 fully saturated rings. The zero-order valence-corrected chi connectivity index (χ0v) is 15.9. The zero-order valence-electron chi connectivity index (χ0n) is 15.9. The van der Waals surface area contributed by atoms with Crippen LogP contribution in [0.5, 0.6) is 5.75 Å². The summed E-state index contributed by atoms with van der Waals surface area (Å²) in [6.45, 7) is 4.74. The third-order valence-electron chi connectivity index (χ3n) is 4.81. The number of Topliss-reactive ketones (excluding diaryl/α,β-unsaturated/α-hetero) is 1. The van der Waals surface area contributed by atoms with Crippen molar-refractivity contribution >= 4 is 11.7 Å². The van der Waals surface area contributed by atoms with Crippen LogP contribution in [-0.2, 0) is 4.79 Å². The van der Waals surface area contributed by atoms with E-state index in [1.807, 2.05) is 50.2 Å². The highest BCUT2D eigenvalue weighted by Gasteiger charge is 2.36. The van der Waals surface area contributed by atoms with E-state index in [1.165, 1.54) is 0 Å². The van der Waals surface area contributed by atoms with Crippen molar-refractivity contribution in [2.75, 3.05) is 20.2 Å². The standard InChI is InChI=1S/C23H23NO3/c1-23(2)16-24(15-14-21(23)25)22(26)19-10-6-17(7-11-19)4-5-18-8-12-20(27-3)13-9-18/h6-13H,14-16H2,1-3H3. The number of amides is 1. The molecule has 0 radical (unpaired) electrons. The average molecular weight is 361 g/mol. The topological polar surface area (TPSA) is 46.6 Å². The molecular weight excluding hydrogens is 338 g/mol. The summed E-state index contributed by atoms with van der Waals surface area (Å²) in [6, 6.07) is 14.8. The summed E-state index contributed by atoms with van der Waals surface area (Å²) in [5, 5.41) is 0. The molecule has 0 spiro atoms. The molecule has 1 amide bonds. The van der Waals surface area contributed by atoms with Crippen LogP contribution in [0.15, 0.2) is 48.5 Å². The molecule has 0 aliphatic carbocycles. The van der Waals surface area contributed by atoms with Gasteiger partial charge in [-0.1, -0.05) is 25.7 Å². The van der Waals surface area contributed by atoms with E-state index in [0.29, 0.717) is 25.1 Å². The maximum atomic E-state index is 12.7. The van der Waals surface area contributed by atoms with Gasteiger partial charge in [-0.2, -0.15) is 0 Å². The fraction of sp³-hybridized carbons (Fsp3) is 0.304.